The van der Waals surface area contributed by atoms with Gasteiger partial charge in [-0.25, -0.2) is 4.98 Å². The van der Waals surface area contributed by atoms with Crippen molar-refractivity contribution in [3.63, 3.8) is 0 Å². The Morgan fingerprint density at radius 2 is 2.25 bits per heavy atom. The molecule has 2 heterocycles. The number of thiazole rings is 1. The van der Waals surface area contributed by atoms with Gasteiger partial charge in [0.2, 0.25) is 5.89 Å². The molecular formula is C13H16N4O2S. The molecule has 1 amide bonds. The van der Waals surface area contributed by atoms with E-state index in [9.17, 15) is 4.79 Å². The molecule has 106 valence electrons. The predicted molar refractivity (Wildman–Crippen MR) is 73.4 cm³/mol. The molecule has 3 rings (SSSR count). The van der Waals surface area contributed by atoms with Crippen molar-refractivity contribution in [1.29, 1.82) is 0 Å². The van der Waals surface area contributed by atoms with E-state index in [1.165, 1.54) is 11.3 Å². The largest absolute Gasteiger partial charge is 0.340 e. The Balaban J connectivity index is 1.86. The Morgan fingerprint density at radius 3 is 2.75 bits per heavy atom. The molecule has 2 aromatic rings. The van der Waals surface area contributed by atoms with Gasteiger partial charge in [-0.3, -0.25) is 4.79 Å². The molecule has 1 atom stereocenters. The zero-order chi connectivity index (χ0) is 14.3. The lowest BCUT2D eigenvalue weighted by Crippen LogP contribution is -2.46. The number of carbonyl (C=O) groups excluding carboxylic acids is 1. The molecule has 0 aliphatic heterocycles. The van der Waals surface area contributed by atoms with Crippen molar-refractivity contribution >= 4 is 17.2 Å². The van der Waals surface area contributed by atoms with Crippen molar-refractivity contribution in [3.05, 3.63) is 27.8 Å². The van der Waals surface area contributed by atoms with E-state index in [4.69, 9.17) is 4.52 Å². The highest BCUT2D eigenvalue weighted by atomic mass is 32.1. The molecule has 1 N–H and O–H groups in total. The second kappa shape index (κ2) is 4.66. The van der Waals surface area contributed by atoms with Gasteiger partial charge in [0.15, 0.2) is 5.82 Å². The maximum Gasteiger partial charge on any atom is 0.263 e. The summed E-state index contributed by atoms with van der Waals surface area (Å²) in [5, 5.41) is 7.92. The summed E-state index contributed by atoms with van der Waals surface area (Å²) in [5.41, 5.74) is -0.577. The van der Waals surface area contributed by atoms with Crippen LogP contribution >= 0.6 is 11.3 Å². The highest BCUT2D eigenvalue weighted by Crippen LogP contribution is 2.44. The van der Waals surface area contributed by atoms with Crippen molar-refractivity contribution in [2.45, 2.75) is 39.2 Å². The fourth-order valence-corrected chi connectivity index (χ4v) is 2.95. The number of hydrogen-bond acceptors (Lipinski definition) is 6. The summed E-state index contributed by atoms with van der Waals surface area (Å²) in [7, 11) is 0. The van der Waals surface area contributed by atoms with Crippen molar-refractivity contribution in [2.75, 3.05) is 0 Å². The third-order valence-electron chi connectivity index (χ3n) is 3.60. The van der Waals surface area contributed by atoms with Crippen LogP contribution in [0.1, 0.15) is 46.2 Å². The Labute approximate surface area is 120 Å². The van der Waals surface area contributed by atoms with Crippen LogP contribution in [0.5, 0.6) is 0 Å². The molecule has 6 nitrogen and oxygen atoms in total. The monoisotopic (exact) mass is 292 g/mol. The van der Waals surface area contributed by atoms with E-state index in [1.54, 1.807) is 13.1 Å². The van der Waals surface area contributed by atoms with Gasteiger partial charge in [0.05, 0.1) is 11.2 Å². The second-order valence-electron chi connectivity index (χ2n) is 5.31. The van der Waals surface area contributed by atoms with Crippen LogP contribution in [-0.4, -0.2) is 21.0 Å². The molecule has 20 heavy (non-hydrogen) atoms. The van der Waals surface area contributed by atoms with Gasteiger partial charge in [0.1, 0.15) is 10.4 Å². The average Bonchev–Trinajstić information content (AvgIpc) is 3.03. The molecular weight excluding hydrogens is 276 g/mol. The fourth-order valence-electron chi connectivity index (χ4n) is 2.28. The Hall–Kier alpha value is -1.76. The number of rotatable bonds is 4. The van der Waals surface area contributed by atoms with E-state index in [2.05, 4.69) is 20.4 Å². The predicted octanol–water partition coefficient (Wildman–Crippen LogP) is 2.20. The minimum Gasteiger partial charge on any atom is -0.340 e. The Bertz CT molecular complexity index is 646. The molecule has 1 fully saturated rings. The summed E-state index contributed by atoms with van der Waals surface area (Å²) >= 11 is 1.38. The van der Waals surface area contributed by atoms with Crippen molar-refractivity contribution < 1.29 is 9.32 Å². The number of amides is 1. The fraction of sp³-hybridized carbons (Fsp3) is 0.538. The summed E-state index contributed by atoms with van der Waals surface area (Å²) < 4.78 is 5.06. The number of aryl methyl sites for hydroxylation is 2. The third kappa shape index (κ3) is 2.33. The second-order valence-corrected chi connectivity index (χ2v) is 6.55. The zero-order valence-corrected chi connectivity index (χ0v) is 12.5. The first-order valence-electron chi connectivity index (χ1n) is 6.55. The quantitative estimate of drug-likeness (QED) is 0.934. The first-order valence-corrected chi connectivity index (χ1v) is 7.36. The van der Waals surface area contributed by atoms with Gasteiger partial charge < -0.3 is 9.84 Å². The molecule has 0 bridgehead atoms. The maximum absolute atomic E-state index is 12.4. The maximum atomic E-state index is 12.4. The molecule has 0 aromatic carbocycles. The van der Waals surface area contributed by atoms with Crippen LogP contribution in [0.15, 0.2) is 10.7 Å². The van der Waals surface area contributed by atoms with E-state index >= 15 is 0 Å². The van der Waals surface area contributed by atoms with Crippen molar-refractivity contribution in [1.82, 2.24) is 20.4 Å². The number of hydrogen-bond donors (Lipinski definition) is 1. The first-order chi connectivity index (χ1) is 9.49. The van der Waals surface area contributed by atoms with E-state index in [0.29, 0.717) is 22.5 Å². The lowest BCUT2D eigenvalue weighted by atomic mass is 9.94. The average molecular weight is 292 g/mol. The minimum absolute atomic E-state index is 0.132. The van der Waals surface area contributed by atoms with Crippen LogP contribution in [0.4, 0.5) is 0 Å². The third-order valence-corrected chi connectivity index (χ3v) is 4.52. The lowest BCUT2D eigenvalue weighted by molar-refractivity contribution is 0.0889. The summed E-state index contributed by atoms with van der Waals surface area (Å²) in [4.78, 5) is 21.4. The Kier molecular flexibility index (Phi) is 3.08. The van der Waals surface area contributed by atoms with Crippen LogP contribution in [0.3, 0.4) is 0 Å². The minimum atomic E-state index is -0.577. The summed E-state index contributed by atoms with van der Waals surface area (Å²) in [6, 6.07) is 0. The van der Waals surface area contributed by atoms with Gasteiger partial charge in [-0.2, -0.15) is 4.98 Å². The zero-order valence-electron chi connectivity index (χ0n) is 11.6. The number of aromatic nitrogens is 3. The van der Waals surface area contributed by atoms with Crippen LogP contribution in [0.25, 0.3) is 0 Å². The number of carbonyl (C=O) groups is 1. The number of nitrogens with one attached hydrogen (secondary N) is 1. The highest BCUT2D eigenvalue weighted by Gasteiger charge is 2.47. The van der Waals surface area contributed by atoms with E-state index in [0.717, 1.165) is 17.8 Å². The molecule has 7 heteroatoms. The molecule has 1 aliphatic rings. The van der Waals surface area contributed by atoms with Gasteiger partial charge in [0.25, 0.3) is 5.91 Å². The Morgan fingerprint density at radius 1 is 1.50 bits per heavy atom. The smallest absolute Gasteiger partial charge is 0.263 e. The molecule has 0 spiro atoms. The lowest BCUT2D eigenvalue weighted by Gasteiger charge is -2.27. The van der Waals surface area contributed by atoms with Gasteiger partial charge in [-0.1, -0.05) is 5.16 Å². The van der Waals surface area contributed by atoms with Crippen molar-refractivity contribution in [3.8, 4) is 0 Å². The van der Waals surface area contributed by atoms with Gasteiger partial charge in [-0.05, 0) is 32.6 Å². The molecule has 1 unspecified atom stereocenters. The van der Waals surface area contributed by atoms with Crippen LogP contribution < -0.4 is 5.32 Å². The van der Waals surface area contributed by atoms with Gasteiger partial charge in [-0.15, -0.1) is 11.3 Å². The molecule has 0 radical (unpaired) electrons. The summed E-state index contributed by atoms with van der Waals surface area (Å²) in [6.45, 7) is 5.59. The summed E-state index contributed by atoms with van der Waals surface area (Å²) in [6.07, 6.45) is 3.72. The van der Waals surface area contributed by atoms with E-state index in [1.807, 2.05) is 13.8 Å². The highest BCUT2D eigenvalue weighted by molar-refractivity contribution is 7.13. The van der Waals surface area contributed by atoms with Crippen LogP contribution in [0, 0.1) is 19.8 Å². The summed E-state index contributed by atoms with van der Waals surface area (Å²) in [5.74, 6) is 1.28. The van der Waals surface area contributed by atoms with Crippen LogP contribution in [0.2, 0.25) is 0 Å². The molecule has 2 aromatic heterocycles. The standard InChI is InChI=1S/C13H16N4O2S/c1-7-15-12(17-19-7)13(3,9-4-5-9)16-11(18)10-6-14-8(2)20-10/h6,9H,4-5H2,1-3H3,(H,16,18). The van der Waals surface area contributed by atoms with Gasteiger partial charge >= 0.3 is 0 Å². The molecule has 1 aliphatic carbocycles. The molecule has 1 saturated carbocycles. The molecule has 0 saturated heterocycles. The van der Waals surface area contributed by atoms with E-state index in [-0.39, 0.29) is 5.91 Å². The van der Waals surface area contributed by atoms with Gasteiger partial charge in [0, 0.05) is 6.92 Å². The topological polar surface area (TPSA) is 80.9 Å². The SMILES string of the molecule is Cc1nc(C(C)(NC(=O)c2cnc(C)s2)C2CC2)no1. The number of nitrogens with zero attached hydrogens (tertiary/aromatic N) is 3. The van der Waals surface area contributed by atoms with Crippen LogP contribution in [-0.2, 0) is 5.54 Å². The van der Waals surface area contributed by atoms with Crippen molar-refractivity contribution in [2.24, 2.45) is 5.92 Å². The first kappa shape index (κ1) is 13.2. The normalized spacial score (nSPS) is 17.8. The van der Waals surface area contributed by atoms with E-state index < -0.39 is 5.54 Å².